The first-order chi connectivity index (χ1) is 13.8. The van der Waals surface area contributed by atoms with Gasteiger partial charge in [0.2, 0.25) is 0 Å². The van der Waals surface area contributed by atoms with Crippen LogP contribution >= 0.6 is 23.2 Å². The second-order valence-corrected chi connectivity index (χ2v) is 9.83. The number of anilines is 1. The third kappa shape index (κ3) is 3.48. The van der Waals surface area contributed by atoms with E-state index in [-0.39, 0.29) is 11.2 Å². The Hall–Kier alpha value is -1.55. The van der Waals surface area contributed by atoms with Gasteiger partial charge in [0.15, 0.2) is 5.78 Å². The number of hydrogen-bond acceptors (Lipinski definition) is 3. The molecule has 0 spiro atoms. The summed E-state index contributed by atoms with van der Waals surface area (Å²) in [7, 11) is 0. The number of hydrogen-bond donors (Lipinski definition) is 0. The molecule has 1 saturated heterocycles. The zero-order chi connectivity index (χ0) is 20.8. The Morgan fingerprint density at radius 3 is 2.28 bits per heavy atom. The van der Waals surface area contributed by atoms with Crippen LogP contribution in [-0.4, -0.2) is 36.9 Å². The van der Waals surface area contributed by atoms with Gasteiger partial charge in [-0.15, -0.1) is 0 Å². The molecule has 0 saturated carbocycles. The summed E-state index contributed by atoms with van der Waals surface area (Å²) in [6, 6.07) is 14.2. The SMILES string of the molecule is CC(=O)C1(CN2CCCC2)c2ccccc2C(C)(C)CN1c1ccc(Cl)c(Cl)c1. The van der Waals surface area contributed by atoms with E-state index in [1.807, 2.05) is 18.2 Å². The smallest absolute Gasteiger partial charge is 0.161 e. The van der Waals surface area contributed by atoms with Gasteiger partial charge in [-0.2, -0.15) is 0 Å². The number of carbonyl (C=O) groups excluding carboxylic acids is 1. The van der Waals surface area contributed by atoms with Crippen LogP contribution in [0.4, 0.5) is 5.69 Å². The fourth-order valence-corrected chi connectivity index (χ4v) is 5.38. The number of fused-ring (bicyclic) bond motifs is 1. The van der Waals surface area contributed by atoms with Crippen LogP contribution in [0.15, 0.2) is 42.5 Å². The summed E-state index contributed by atoms with van der Waals surface area (Å²) in [6.45, 7) is 9.72. The third-order valence-electron chi connectivity index (χ3n) is 6.56. The van der Waals surface area contributed by atoms with E-state index in [0.717, 1.165) is 30.9 Å². The van der Waals surface area contributed by atoms with Crippen LogP contribution in [0.5, 0.6) is 0 Å². The molecule has 5 heteroatoms. The minimum atomic E-state index is -0.742. The molecular formula is C24H28Cl2N2O. The van der Waals surface area contributed by atoms with E-state index in [4.69, 9.17) is 23.2 Å². The summed E-state index contributed by atoms with van der Waals surface area (Å²) >= 11 is 12.6. The first-order valence-electron chi connectivity index (χ1n) is 10.3. The molecule has 2 heterocycles. The molecule has 1 atom stereocenters. The molecule has 4 rings (SSSR count). The zero-order valence-corrected chi connectivity index (χ0v) is 18.9. The molecule has 2 aromatic carbocycles. The van der Waals surface area contributed by atoms with Gasteiger partial charge >= 0.3 is 0 Å². The van der Waals surface area contributed by atoms with E-state index < -0.39 is 5.54 Å². The first-order valence-corrected chi connectivity index (χ1v) is 11.1. The molecule has 2 aromatic rings. The van der Waals surface area contributed by atoms with Gasteiger partial charge in [-0.1, -0.05) is 61.3 Å². The number of nitrogens with zero attached hydrogens (tertiary/aromatic N) is 2. The summed E-state index contributed by atoms with van der Waals surface area (Å²) in [5.74, 6) is 0.165. The van der Waals surface area contributed by atoms with Crippen molar-refractivity contribution in [3.8, 4) is 0 Å². The largest absolute Gasteiger partial charge is 0.353 e. The van der Waals surface area contributed by atoms with E-state index in [0.29, 0.717) is 16.6 Å². The van der Waals surface area contributed by atoms with Gasteiger partial charge in [0.05, 0.1) is 10.0 Å². The Morgan fingerprint density at radius 1 is 1.00 bits per heavy atom. The normalized spacial score (nSPS) is 23.8. The molecule has 1 fully saturated rings. The maximum Gasteiger partial charge on any atom is 0.161 e. The van der Waals surface area contributed by atoms with Crippen molar-refractivity contribution < 1.29 is 4.79 Å². The van der Waals surface area contributed by atoms with Crippen molar-refractivity contribution >= 4 is 34.7 Å². The van der Waals surface area contributed by atoms with Crippen molar-refractivity contribution in [2.45, 2.75) is 44.6 Å². The molecule has 2 aliphatic heterocycles. The highest BCUT2D eigenvalue weighted by Gasteiger charge is 2.52. The van der Waals surface area contributed by atoms with Crippen LogP contribution < -0.4 is 4.90 Å². The molecule has 0 bridgehead atoms. The number of likely N-dealkylation sites (tertiary alicyclic amines) is 1. The summed E-state index contributed by atoms with van der Waals surface area (Å²) in [5, 5.41) is 1.04. The van der Waals surface area contributed by atoms with Gasteiger partial charge in [-0.25, -0.2) is 0 Å². The molecular weight excluding hydrogens is 403 g/mol. The molecule has 154 valence electrons. The molecule has 2 aliphatic rings. The lowest BCUT2D eigenvalue weighted by Crippen LogP contribution is -2.63. The summed E-state index contributed by atoms with van der Waals surface area (Å²) in [6.07, 6.45) is 2.38. The lowest BCUT2D eigenvalue weighted by Gasteiger charge is -2.54. The van der Waals surface area contributed by atoms with Crippen molar-refractivity contribution in [3.63, 3.8) is 0 Å². The van der Waals surface area contributed by atoms with Crippen LogP contribution in [0, 0.1) is 0 Å². The maximum absolute atomic E-state index is 13.5. The van der Waals surface area contributed by atoms with Crippen molar-refractivity contribution in [1.29, 1.82) is 0 Å². The number of Topliss-reactive ketones (excluding diaryl/α,β-unsaturated/α-hetero) is 1. The van der Waals surface area contributed by atoms with Crippen molar-refractivity contribution in [2.24, 2.45) is 0 Å². The van der Waals surface area contributed by atoms with Crippen LogP contribution in [0.2, 0.25) is 10.0 Å². The van der Waals surface area contributed by atoms with E-state index in [9.17, 15) is 4.79 Å². The Balaban J connectivity index is 1.95. The highest BCUT2D eigenvalue weighted by Crippen LogP contribution is 2.47. The number of rotatable bonds is 4. The van der Waals surface area contributed by atoms with Crippen LogP contribution in [0.25, 0.3) is 0 Å². The van der Waals surface area contributed by atoms with Gasteiger partial charge in [0.1, 0.15) is 5.54 Å². The fourth-order valence-electron chi connectivity index (χ4n) is 5.09. The molecule has 1 unspecified atom stereocenters. The van der Waals surface area contributed by atoms with Gasteiger partial charge in [-0.3, -0.25) is 4.79 Å². The number of halogens is 2. The molecule has 0 N–H and O–H groups in total. The molecule has 0 aromatic heterocycles. The van der Waals surface area contributed by atoms with E-state index in [1.165, 1.54) is 18.4 Å². The van der Waals surface area contributed by atoms with Gasteiger partial charge < -0.3 is 9.80 Å². The third-order valence-corrected chi connectivity index (χ3v) is 7.30. The predicted octanol–water partition coefficient (Wildman–Crippen LogP) is 5.67. The van der Waals surface area contributed by atoms with Gasteiger partial charge in [0, 0.05) is 24.2 Å². The van der Waals surface area contributed by atoms with Crippen LogP contribution in [0.3, 0.4) is 0 Å². The Morgan fingerprint density at radius 2 is 1.66 bits per heavy atom. The topological polar surface area (TPSA) is 23.6 Å². The first kappa shape index (κ1) is 20.7. The summed E-state index contributed by atoms with van der Waals surface area (Å²) < 4.78 is 0. The van der Waals surface area contributed by atoms with Crippen molar-refractivity contribution in [1.82, 2.24) is 4.90 Å². The van der Waals surface area contributed by atoms with E-state index in [1.54, 1.807) is 6.92 Å². The monoisotopic (exact) mass is 430 g/mol. The average molecular weight is 431 g/mol. The highest BCUT2D eigenvalue weighted by molar-refractivity contribution is 6.42. The quantitative estimate of drug-likeness (QED) is 0.623. The van der Waals surface area contributed by atoms with Crippen LogP contribution in [0.1, 0.15) is 44.7 Å². The number of carbonyl (C=O) groups is 1. The Kier molecular flexibility index (Phi) is 5.43. The second kappa shape index (κ2) is 7.61. The van der Waals surface area contributed by atoms with E-state index in [2.05, 4.69) is 47.9 Å². The standard InChI is InChI=1S/C24H28Cl2N2O/c1-17(29)24(16-27-12-6-7-13-27)20-9-5-4-8-19(20)23(2,3)15-28(24)18-10-11-21(25)22(26)14-18/h4-5,8-11,14H,6-7,12-13,15-16H2,1-3H3. The number of ketones is 1. The van der Waals surface area contributed by atoms with Crippen molar-refractivity contribution in [3.05, 3.63) is 63.6 Å². The number of benzene rings is 2. The molecule has 0 aliphatic carbocycles. The lowest BCUT2D eigenvalue weighted by atomic mass is 9.68. The zero-order valence-electron chi connectivity index (χ0n) is 17.3. The molecule has 29 heavy (non-hydrogen) atoms. The molecule has 3 nitrogen and oxygen atoms in total. The Bertz CT molecular complexity index is 936. The average Bonchev–Trinajstić information content (AvgIpc) is 3.19. The minimum Gasteiger partial charge on any atom is -0.353 e. The van der Waals surface area contributed by atoms with Gasteiger partial charge in [-0.05, 0) is 62.2 Å². The summed E-state index contributed by atoms with van der Waals surface area (Å²) in [4.78, 5) is 18.2. The predicted molar refractivity (Wildman–Crippen MR) is 121 cm³/mol. The van der Waals surface area contributed by atoms with Crippen LogP contribution in [-0.2, 0) is 15.7 Å². The maximum atomic E-state index is 13.5. The fraction of sp³-hybridized carbons (Fsp3) is 0.458. The Labute approximate surface area is 183 Å². The minimum absolute atomic E-state index is 0.104. The van der Waals surface area contributed by atoms with Gasteiger partial charge in [0.25, 0.3) is 0 Å². The van der Waals surface area contributed by atoms with E-state index >= 15 is 0 Å². The summed E-state index contributed by atoms with van der Waals surface area (Å²) in [5.41, 5.74) is 2.46. The molecule has 0 amide bonds. The van der Waals surface area contributed by atoms with Crippen molar-refractivity contribution in [2.75, 3.05) is 31.1 Å². The molecule has 0 radical (unpaired) electrons. The lowest BCUT2D eigenvalue weighted by molar-refractivity contribution is -0.123. The second-order valence-electron chi connectivity index (χ2n) is 9.01. The highest BCUT2D eigenvalue weighted by atomic mass is 35.5.